The van der Waals surface area contributed by atoms with Crippen molar-refractivity contribution in [2.24, 2.45) is 0 Å². The number of hydrogen-bond donors (Lipinski definition) is 0. The zero-order chi connectivity index (χ0) is 12.0. The van der Waals surface area contributed by atoms with Gasteiger partial charge in [0.15, 0.2) is 0 Å². The second-order valence-electron chi connectivity index (χ2n) is 4.82. The minimum atomic E-state index is 0.628. The molecule has 0 aromatic carbocycles. The number of pyridine rings is 1. The summed E-state index contributed by atoms with van der Waals surface area (Å²) >= 11 is 13.3. The Balaban J connectivity index is 1.94. The van der Waals surface area contributed by atoms with Gasteiger partial charge in [0, 0.05) is 23.1 Å². The maximum Gasteiger partial charge on any atom is 0.143 e. The van der Waals surface area contributed by atoms with Crippen molar-refractivity contribution < 1.29 is 0 Å². The normalized spacial score (nSPS) is 31.9. The van der Waals surface area contributed by atoms with E-state index in [4.69, 9.17) is 11.6 Å². The van der Waals surface area contributed by atoms with Crippen molar-refractivity contribution in [1.29, 1.82) is 0 Å². The fourth-order valence-electron chi connectivity index (χ4n) is 3.05. The van der Waals surface area contributed by atoms with E-state index in [2.05, 4.69) is 41.7 Å². The highest BCUT2D eigenvalue weighted by molar-refractivity contribution is 9.10. The molecule has 0 N–H and O–H groups in total. The number of anilines is 1. The molecule has 5 heteroatoms. The Labute approximate surface area is 123 Å². The van der Waals surface area contributed by atoms with Crippen molar-refractivity contribution >= 4 is 49.3 Å². The number of nitrogens with zero attached hydrogens (tertiary/aromatic N) is 2. The molecule has 2 aliphatic heterocycles. The van der Waals surface area contributed by atoms with Gasteiger partial charge >= 0.3 is 0 Å². The zero-order valence-electron chi connectivity index (χ0n) is 9.24. The van der Waals surface area contributed by atoms with Crippen LogP contribution in [0.5, 0.6) is 0 Å². The van der Waals surface area contributed by atoms with Gasteiger partial charge in [0.25, 0.3) is 0 Å². The smallest absolute Gasteiger partial charge is 0.143 e. The molecule has 2 atom stereocenters. The van der Waals surface area contributed by atoms with Gasteiger partial charge in [0.1, 0.15) is 5.82 Å². The summed E-state index contributed by atoms with van der Waals surface area (Å²) < 4.78 is 1.01. The minimum Gasteiger partial charge on any atom is -0.350 e. The minimum absolute atomic E-state index is 0.628. The third-order valence-electron chi connectivity index (χ3n) is 3.71. The quantitative estimate of drug-likeness (QED) is 0.672. The number of fused-ring (bicyclic) bond motifs is 2. The SMILES string of the molecule is Clc1cnc(N2C3CCC2CC(Br)C3)c(Br)c1. The molecule has 0 spiro atoms. The summed E-state index contributed by atoms with van der Waals surface area (Å²) in [5, 5.41) is 0.684. The topological polar surface area (TPSA) is 16.1 Å². The van der Waals surface area contributed by atoms with Crippen LogP contribution in [0, 0.1) is 0 Å². The van der Waals surface area contributed by atoms with Gasteiger partial charge in [-0.1, -0.05) is 27.5 Å². The highest BCUT2D eigenvalue weighted by Gasteiger charge is 2.41. The first-order valence-corrected chi connectivity index (χ1v) is 7.97. The molecule has 2 saturated heterocycles. The monoisotopic (exact) mass is 378 g/mol. The molecular weight excluding hydrogens is 367 g/mol. The Morgan fingerprint density at radius 1 is 1.29 bits per heavy atom. The van der Waals surface area contributed by atoms with Crippen LogP contribution in [0.1, 0.15) is 25.7 Å². The van der Waals surface area contributed by atoms with Crippen LogP contribution in [-0.4, -0.2) is 21.9 Å². The number of aromatic nitrogens is 1. The number of alkyl halides is 1. The van der Waals surface area contributed by atoms with Crippen LogP contribution in [0.4, 0.5) is 5.82 Å². The third kappa shape index (κ3) is 2.24. The second-order valence-corrected chi connectivity index (χ2v) is 7.41. The van der Waals surface area contributed by atoms with Crippen LogP contribution in [0.3, 0.4) is 0 Å². The molecule has 1 aromatic rings. The molecule has 17 heavy (non-hydrogen) atoms. The fraction of sp³-hybridized carbons (Fsp3) is 0.583. The summed E-state index contributed by atoms with van der Waals surface area (Å²) in [6.45, 7) is 0. The molecule has 0 aliphatic carbocycles. The fourth-order valence-corrected chi connectivity index (χ4v) is 4.76. The molecule has 2 bridgehead atoms. The summed E-state index contributed by atoms with van der Waals surface area (Å²) in [7, 11) is 0. The zero-order valence-corrected chi connectivity index (χ0v) is 13.2. The van der Waals surface area contributed by atoms with E-state index in [1.165, 1.54) is 25.7 Å². The Morgan fingerprint density at radius 3 is 2.53 bits per heavy atom. The lowest BCUT2D eigenvalue weighted by Crippen LogP contribution is -2.44. The molecule has 3 rings (SSSR count). The van der Waals surface area contributed by atoms with Crippen LogP contribution >= 0.6 is 43.5 Å². The maximum absolute atomic E-state index is 5.95. The molecule has 3 heterocycles. The largest absolute Gasteiger partial charge is 0.350 e. The van der Waals surface area contributed by atoms with Gasteiger partial charge in [0.05, 0.1) is 9.50 Å². The van der Waals surface area contributed by atoms with Gasteiger partial charge in [-0.25, -0.2) is 4.98 Å². The van der Waals surface area contributed by atoms with E-state index in [9.17, 15) is 0 Å². The van der Waals surface area contributed by atoms with Gasteiger partial charge in [-0.05, 0) is 47.7 Å². The summed E-state index contributed by atoms with van der Waals surface area (Å²) in [6.07, 6.45) is 6.73. The molecule has 2 nitrogen and oxygen atoms in total. The molecule has 2 fully saturated rings. The number of halogens is 3. The first-order valence-electron chi connectivity index (χ1n) is 5.88. The lowest BCUT2D eigenvalue weighted by atomic mass is 10.0. The van der Waals surface area contributed by atoms with Crippen LogP contribution < -0.4 is 4.90 Å². The van der Waals surface area contributed by atoms with Crippen molar-refractivity contribution in [3.8, 4) is 0 Å². The number of rotatable bonds is 1. The van der Waals surface area contributed by atoms with Gasteiger partial charge < -0.3 is 4.90 Å². The molecule has 0 saturated carbocycles. The summed E-state index contributed by atoms with van der Waals surface area (Å²) in [5.41, 5.74) is 0. The average molecular weight is 381 g/mol. The van der Waals surface area contributed by atoms with Crippen LogP contribution in [0.25, 0.3) is 0 Å². The van der Waals surface area contributed by atoms with E-state index < -0.39 is 0 Å². The predicted octanol–water partition coefficient (Wildman–Crippen LogP) is 4.39. The first kappa shape index (κ1) is 12.2. The van der Waals surface area contributed by atoms with Gasteiger partial charge in [-0.15, -0.1) is 0 Å². The summed E-state index contributed by atoms with van der Waals surface area (Å²) in [5.74, 6) is 1.06. The highest BCUT2D eigenvalue weighted by atomic mass is 79.9. The van der Waals surface area contributed by atoms with Crippen molar-refractivity contribution in [1.82, 2.24) is 4.98 Å². The third-order valence-corrected chi connectivity index (χ3v) is 5.25. The lowest BCUT2D eigenvalue weighted by molar-refractivity contribution is 0.479. The molecule has 2 aliphatic rings. The molecule has 0 radical (unpaired) electrons. The van der Waals surface area contributed by atoms with E-state index in [1.807, 2.05) is 6.07 Å². The molecule has 1 aromatic heterocycles. The Bertz CT molecular complexity index is 427. The molecule has 0 amide bonds. The Kier molecular flexibility index (Phi) is 3.39. The predicted molar refractivity (Wildman–Crippen MR) is 78.2 cm³/mol. The van der Waals surface area contributed by atoms with Gasteiger partial charge in [-0.2, -0.15) is 0 Å². The second kappa shape index (κ2) is 4.71. The van der Waals surface area contributed by atoms with Crippen molar-refractivity contribution in [3.63, 3.8) is 0 Å². The van der Waals surface area contributed by atoms with Crippen LogP contribution in [0.2, 0.25) is 5.02 Å². The maximum atomic E-state index is 5.95. The molecule has 92 valence electrons. The van der Waals surface area contributed by atoms with Gasteiger partial charge in [0.2, 0.25) is 0 Å². The number of hydrogen-bond acceptors (Lipinski definition) is 2. The first-order chi connectivity index (χ1) is 8.15. The van der Waals surface area contributed by atoms with Crippen molar-refractivity contribution in [3.05, 3.63) is 21.8 Å². The lowest BCUT2D eigenvalue weighted by Gasteiger charge is -2.38. The van der Waals surface area contributed by atoms with Crippen molar-refractivity contribution in [2.45, 2.75) is 42.6 Å². The highest BCUT2D eigenvalue weighted by Crippen LogP contribution is 2.43. The summed E-state index contributed by atoms with van der Waals surface area (Å²) in [6, 6.07) is 3.19. The van der Waals surface area contributed by atoms with E-state index in [0.29, 0.717) is 21.9 Å². The summed E-state index contributed by atoms with van der Waals surface area (Å²) in [4.78, 5) is 7.65. The number of piperidine rings is 1. The standard InChI is InChI=1S/C12H13Br2ClN2/c13-7-3-9-1-2-10(4-7)17(9)12-11(14)5-8(15)6-16-12/h5-7,9-10H,1-4H2. The Hall–Kier alpha value is 0.200. The van der Waals surface area contributed by atoms with E-state index in [-0.39, 0.29) is 0 Å². The Morgan fingerprint density at radius 2 is 1.94 bits per heavy atom. The van der Waals surface area contributed by atoms with Crippen molar-refractivity contribution in [2.75, 3.05) is 4.90 Å². The van der Waals surface area contributed by atoms with E-state index in [0.717, 1.165) is 10.3 Å². The van der Waals surface area contributed by atoms with Crippen LogP contribution in [0.15, 0.2) is 16.7 Å². The van der Waals surface area contributed by atoms with Gasteiger partial charge in [-0.3, -0.25) is 0 Å². The van der Waals surface area contributed by atoms with E-state index >= 15 is 0 Å². The molecular formula is C12H13Br2ClN2. The van der Waals surface area contributed by atoms with E-state index in [1.54, 1.807) is 6.20 Å². The molecule has 2 unspecified atom stereocenters. The average Bonchev–Trinajstić information content (AvgIpc) is 2.53. The van der Waals surface area contributed by atoms with Crippen LogP contribution in [-0.2, 0) is 0 Å².